The Kier molecular flexibility index (Phi) is 5.02. The van der Waals surface area contributed by atoms with E-state index >= 15 is 0 Å². The number of hydrogen-bond donors (Lipinski definition) is 1. The number of rotatable bonds is 3. The summed E-state index contributed by atoms with van der Waals surface area (Å²) < 4.78 is 38.8. The van der Waals surface area contributed by atoms with Gasteiger partial charge in [0.25, 0.3) is 5.91 Å². The number of piperidine rings is 1. The van der Waals surface area contributed by atoms with Gasteiger partial charge in [0.15, 0.2) is 0 Å². The second-order valence-electron chi connectivity index (χ2n) is 6.13. The topological polar surface area (TPSA) is 32.3 Å². The van der Waals surface area contributed by atoms with Gasteiger partial charge in [0.1, 0.15) is 0 Å². The molecule has 126 valence electrons. The molecule has 1 aliphatic rings. The first-order valence-electron chi connectivity index (χ1n) is 7.61. The molecule has 1 heterocycles. The third-order valence-electron chi connectivity index (χ3n) is 4.08. The Morgan fingerprint density at radius 2 is 1.91 bits per heavy atom. The number of halogens is 3. The fourth-order valence-electron chi connectivity index (χ4n) is 2.57. The maximum atomic E-state index is 12.9. The Morgan fingerprint density at radius 3 is 2.43 bits per heavy atom. The molecule has 23 heavy (non-hydrogen) atoms. The van der Waals surface area contributed by atoms with Crippen LogP contribution >= 0.6 is 0 Å². The predicted octanol–water partition coefficient (Wildman–Crippen LogP) is 4.46. The van der Waals surface area contributed by atoms with E-state index in [2.05, 4.69) is 18.8 Å². The van der Waals surface area contributed by atoms with E-state index in [0.717, 1.165) is 38.1 Å². The first-order valence-corrected chi connectivity index (χ1v) is 7.61. The standard InChI is InChI=1S/C17H21F3N2O/c1-11(2)16(23)21-14-10-13(17(18,19)20)4-5-15(14)22-8-6-12(3)7-9-22/h4-5,10,12H,1,6-9H2,2-3H3,(H,21,23). The quantitative estimate of drug-likeness (QED) is 0.832. The largest absolute Gasteiger partial charge is 0.416 e. The van der Waals surface area contributed by atoms with Gasteiger partial charge < -0.3 is 10.2 Å². The number of amides is 1. The molecule has 1 fully saturated rings. The lowest BCUT2D eigenvalue weighted by atomic mass is 9.98. The van der Waals surface area contributed by atoms with E-state index in [9.17, 15) is 18.0 Å². The van der Waals surface area contributed by atoms with Crippen LogP contribution < -0.4 is 10.2 Å². The molecule has 0 bridgehead atoms. The van der Waals surface area contributed by atoms with E-state index in [1.54, 1.807) is 0 Å². The third kappa shape index (κ3) is 4.27. The van der Waals surface area contributed by atoms with Crippen molar-refractivity contribution in [2.45, 2.75) is 32.9 Å². The highest BCUT2D eigenvalue weighted by molar-refractivity contribution is 6.04. The normalized spacial score (nSPS) is 16.3. The predicted molar refractivity (Wildman–Crippen MR) is 85.5 cm³/mol. The van der Waals surface area contributed by atoms with Gasteiger partial charge in [0.2, 0.25) is 0 Å². The van der Waals surface area contributed by atoms with Crippen LogP contribution in [0.5, 0.6) is 0 Å². The van der Waals surface area contributed by atoms with Gasteiger partial charge >= 0.3 is 6.18 Å². The average Bonchev–Trinajstić information content (AvgIpc) is 2.47. The molecule has 1 aromatic carbocycles. The summed E-state index contributed by atoms with van der Waals surface area (Å²) in [5.41, 5.74) is 0.283. The number of hydrogen-bond acceptors (Lipinski definition) is 2. The van der Waals surface area contributed by atoms with Gasteiger partial charge in [-0.05, 0) is 43.9 Å². The highest BCUT2D eigenvalue weighted by Gasteiger charge is 2.32. The van der Waals surface area contributed by atoms with Crippen LogP contribution in [0.4, 0.5) is 24.5 Å². The van der Waals surface area contributed by atoms with Crippen molar-refractivity contribution < 1.29 is 18.0 Å². The Labute approximate surface area is 134 Å². The fourth-order valence-corrected chi connectivity index (χ4v) is 2.57. The molecule has 0 saturated carbocycles. The smallest absolute Gasteiger partial charge is 0.370 e. The van der Waals surface area contributed by atoms with Gasteiger partial charge in [-0.3, -0.25) is 4.79 Å². The summed E-state index contributed by atoms with van der Waals surface area (Å²) in [6, 6.07) is 3.49. The van der Waals surface area contributed by atoms with Gasteiger partial charge in [-0.1, -0.05) is 13.5 Å². The van der Waals surface area contributed by atoms with Gasteiger partial charge in [0, 0.05) is 18.7 Å². The van der Waals surface area contributed by atoms with Crippen LogP contribution in [-0.4, -0.2) is 19.0 Å². The van der Waals surface area contributed by atoms with E-state index in [0.29, 0.717) is 11.6 Å². The molecule has 0 radical (unpaired) electrons. The first kappa shape index (κ1) is 17.4. The number of carbonyl (C=O) groups is 1. The minimum absolute atomic E-state index is 0.183. The molecule has 3 nitrogen and oxygen atoms in total. The summed E-state index contributed by atoms with van der Waals surface area (Å²) in [5.74, 6) is 0.130. The summed E-state index contributed by atoms with van der Waals surface area (Å²) in [6.07, 6.45) is -2.48. The van der Waals surface area contributed by atoms with Gasteiger partial charge in [-0.2, -0.15) is 13.2 Å². The maximum Gasteiger partial charge on any atom is 0.416 e. The number of nitrogens with one attached hydrogen (secondary N) is 1. The van der Waals surface area contributed by atoms with Crippen molar-refractivity contribution in [3.63, 3.8) is 0 Å². The van der Waals surface area contributed by atoms with Crippen molar-refractivity contribution in [2.75, 3.05) is 23.3 Å². The van der Waals surface area contributed by atoms with Gasteiger partial charge in [0.05, 0.1) is 16.9 Å². The summed E-state index contributed by atoms with van der Waals surface area (Å²) in [4.78, 5) is 13.9. The van der Waals surface area contributed by atoms with Crippen LogP contribution in [0.15, 0.2) is 30.4 Å². The fraction of sp³-hybridized carbons (Fsp3) is 0.471. The molecule has 1 aliphatic heterocycles. The lowest BCUT2D eigenvalue weighted by Gasteiger charge is -2.33. The Bertz CT molecular complexity index is 602. The minimum atomic E-state index is -4.45. The van der Waals surface area contributed by atoms with E-state index in [4.69, 9.17) is 0 Å². The van der Waals surface area contributed by atoms with Crippen LogP contribution in [0.25, 0.3) is 0 Å². The second kappa shape index (κ2) is 6.64. The molecule has 1 amide bonds. The van der Waals surface area contributed by atoms with Gasteiger partial charge in [-0.25, -0.2) is 0 Å². The SMILES string of the molecule is C=C(C)C(=O)Nc1cc(C(F)(F)F)ccc1N1CCC(C)CC1. The van der Waals surface area contributed by atoms with Crippen LogP contribution in [0.2, 0.25) is 0 Å². The zero-order valence-corrected chi connectivity index (χ0v) is 13.3. The average molecular weight is 326 g/mol. The van der Waals surface area contributed by atoms with Crippen LogP contribution in [-0.2, 0) is 11.0 Å². The Balaban J connectivity index is 2.36. The lowest BCUT2D eigenvalue weighted by Crippen LogP contribution is -2.33. The lowest BCUT2D eigenvalue weighted by molar-refractivity contribution is -0.137. The first-order chi connectivity index (χ1) is 10.7. The number of benzene rings is 1. The van der Waals surface area contributed by atoms with E-state index < -0.39 is 17.6 Å². The number of carbonyl (C=O) groups excluding carboxylic acids is 1. The van der Waals surface area contributed by atoms with Crippen LogP contribution in [0.3, 0.4) is 0 Å². The molecule has 0 aliphatic carbocycles. The summed E-state index contributed by atoms with van der Waals surface area (Å²) in [5, 5.41) is 2.55. The zero-order valence-electron chi connectivity index (χ0n) is 13.3. The summed E-state index contributed by atoms with van der Waals surface area (Å²) in [6.45, 7) is 8.74. The van der Waals surface area contributed by atoms with Crippen molar-refractivity contribution in [3.05, 3.63) is 35.9 Å². The molecule has 0 spiro atoms. The Morgan fingerprint density at radius 1 is 1.30 bits per heavy atom. The number of anilines is 2. The number of alkyl halides is 3. The zero-order chi connectivity index (χ0) is 17.2. The monoisotopic (exact) mass is 326 g/mol. The van der Waals surface area contributed by atoms with E-state index in [1.165, 1.54) is 13.0 Å². The molecule has 0 aromatic heterocycles. The molecular weight excluding hydrogens is 305 g/mol. The van der Waals surface area contributed by atoms with E-state index in [1.807, 2.05) is 4.90 Å². The maximum absolute atomic E-state index is 12.9. The molecule has 6 heteroatoms. The second-order valence-corrected chi connectivity index (χ2v) is 6.13. The summed E-state index contributed by atoms with van der Waals surface area (Å²) >= 11 is 0. The van der Waals surface area contributed by atoms with Gasteiger partial charge in [-0.15, -0.1) is 0 Å². The molecule has 1 N–H and O–H groups in total. The molecule has 0 unspecified atom stereocenters. The number of nitrogens with zero attached hydrogens (tertiary/aromatic N) is 1. The molecule has 2 rings (SSSR count). The van der Waals surface area contributed by atoms with Crippen molar-refractivity contribution in [3.8, 4) is 0 Å². The molecular formula is C17H21F3N2O. The van der Waals surface area contributed by atoms with Crippen molar-refractivity contribution in [1.82, 2.24) is 0 Å². The summed E-state index contributed by atoms with van der Waals surface area (Å²) in [7, 11) is 0. The van der Waals surface area contributed by atoms with Crippen molar-refractivity contribution >= 4 is 17.3 Å². The molecule has 1 saturated heterocycles. The van der Waals surface area contributed by atoms with Crippen molar-refractivity contribution in [1.29, 1.82) is 0 Å². The van der Waals surface area contributed by atoms with Crippen molar-refractivity contribution in [2.24, 2.45) is 5.92 Å². The highest BCUT2D eigenvalue weighted by atomic mass is 19.4. The van der Waals surface area contributed by atoms with Crippen LogP contribution in [0.1, 0.15) is 32.3 Å². The third-order valence-corrected chi connectivity index (χ3v) is 4.08. The molecule has 0 atom stereocenters. The van der Waals surface area contributed by atoms with E-state index in [-0.39, 0.29) is 11.3 Å². The van der Waals surface area contributed by atoms with Crippen LogP contribution in [0, 0.1) is 5.92 Å². The molecule has 1 aromatic rings. The Hall–Kier alpha value is -1.98. The minimum Gasteiger partial charge on any atom is -0.370 e. The highest BCUT2D eigenvalue weighted by Crippen LogP contribution is 2.36.